The molecule has 534 valence electrons. The predicted molar refractivity (Wildman–Crippen MR) is 395 cm³/mol. The minimum atomic E-state index is -4.89. The first-order chi connectivity index (χ1) is 52.4. The summed E-state index contributed by atoms with van der Waals surface area (Å²) in [7, 11) is 0. The van der Waals surface area contributed by atoms with Crippen LogP contribution in [0.1, 0.15) is 77.4 Å². The molecule has 6 heterocycles. The first kappa shape index (κ1) is 75.2. The van der Waals surface area contributed by atoms with Crippen molar-refractivity contribution in [3.05, 3.63) is 351 Å². The minimum Gasteiger partial charge on any atom is -0.626 e. The zero-order valence-corrected chi connectivity index (χ0v) is 61.8. The molecule has 0 bridgehead atoms. The molecule has 0 aliphatic carbocycles. The van der Waals surface area contributed by atoms with Gasteiger partial charge in [0.25, 0.3) is 0 Å². The molecule has 25 heteroatoms. The van der Waals surface area contributed by atoms with E-state index in [1.165, 1.54) is 97.1 Å². The van der Waals surface area contributed by atoms with Crippen LogP contribution in [0.25, 0.3) is 42.8 Å². The number of hydrogen-bond acceptors (Lipinski definition) is 16. The molecule has 0 spiro atoms. The summed E-state index contributed by atoms with van der Waals surface area (Å²) in [5.74, 6) is -2.98. The fourth-order valence-corrected chi connectivity index (χ4v) is 12.2. The number of allylic oxidation sites excluding steroid dienone is 2. The molecule has 4 aromatic heterocycles. The van der Waals surface area contributed by atoms with Crippen molar-refractivity contribution in [3.8, 4) is 58.4 Å². The number of fused-ring (bicyclic) bond motifs is 2. The van der Waals surface area contributed by atoms with Crippen LogP contribution in [0, 0.1) is 83.2 Å². The molecule has 0 unspecified atom stereocenters. The van der Waals surface area contributed by atoms with Crippen molar-refractivity contribution < 1.29 is 83.9 Å². The van der Waals surface area contributed by atoms with Gasteiger partial charge in [0.15, 0.2) is 11.4 Å². The first-order valence-electron chi connectivity index (χ1n) is 32.9. The van der Waals surface area contributed by atoms with E-state index in [2.05, 4.69) is 30.7 Å². The van der Waals surface area contributed by atoms with Crippen LogP contribution in [0.2, 0.25) is 0 Å². The number of nitriles is 2. The summed E-state index contributed by atoms with van der Waals surface area (Å²) < 4.78 is 105. The number of hydrogen-bond donors (Lipinski definition) is 0. The van der Waals surface area contributed by atoms with E-state index in [0.717, 1.165) is 28.3 Å². The zero-order chi connectivity index (χ0) is 76.9. The number of aryl methyl sites for hydroxylation is 6. The van der Waals surface area contributed by atoms with Crippen LogP contribution in [0.4, 0.5) is 28.9 Å². The number of aliphatic imine (C=N–C) groups is 2. The minimum absolute atomic E-state index is 0. The second kappa shape index (κ2) is 31.7. The van der Waals surface area contributed by atoms with Crippen molar-refractivity contribution >= 4 is 68.2 Å². The Morgan fingerprint density at radius 3 is 1.34 bits per heavy atom. The number of aromatic nitrogens is 2. The van der Waals surface area contributed by atoms with Crippen LogP contribution in [0.3, 0.4) is 0 Å². The number of halogens is 4. The summed E-state index contributed by atoms with van der Waals surface area (Å²) in [5.41, 5.74) is 6.21. The van der Waals surface area contributed by atoms with E-state index >= 15 is 4.39 Å². The van der Waals surface area contributed by atoms with Gasteiger partial charge in [-0.15, -0.1) is 11.4 Å². The molecule has 0 saturated carbocycles. The van der Waals surface area contributed by atoms with Crippen molar-refractivity contribution in [1.29, 1.82) is 10.5 Å². The third-order valence-electron chi connectivity index (χ3n) is 16.9. The van der Waals surface area contributed by atoms with Crippen molar-refractivity contribution in [2.45, 2.75) is 47.7 Å². The summed E-state index contributed by atoms with van der Waals surface area (Å²) in [6, 6.07) is 53.0. The van der Waals surface area contributed by atoms with Gasteiger partial charge < -0.3 is 47.2 Å². The zero-order valence-electron chi connectivity index (χ0n) is 58.8. The molecule has 8 aromatic carbocycles. The van der Waals surface area contributed by atoms with Crippen LogP contribution < -0.4 is 49.6 Å². The average molecular weight is 1520 g/mol. The van der Waals surface area contributed by atoms with Gasteiger partial charge in [0.2, 0.25) is 11.8 Å². The second-order valence-electron chi connectivity index (χ2n) is 24.7. The molecule has 0 N–H and O–H groups in total. The summed E-state index contributed by atoms with van der Waals surface area (Å²) in [6.45, 7) is 25.7. The Bertz CT molecular complexity index is 6210. The van der Waals surface area contributed by atoms with E-state index < -0.39 is 46.7 Å². The number of esters is 2. The van der Waals surface area contributed by atoms with E-state index in [1.807, 2.05) is 58.0 Å². The molecule has 20 nitrogen and oxygen atoms in total. The molecular formula is C85H52F4N8O12Zn. The molecule has 14 rings (SSSR count). The Morgan fingerprint density at radius 2 is 0.873 bits per heavy atom. The van der Waals surface area contributed by atoms with Gasteiger partial charge in [0, 0.05) is 40.9 Å². The van der Waals surface area contributed by atoms with Gasteiger partial charge in [-0.1, -0.05) is 65.7 Å². The van der Waals surface area contributed by atoms with E-state index in [9.17, 15) is 37.6 Å². The van der Waals surface area contributed by atoms with Crippen molar-refractivity contribution in [1.82, 2.24) is 9.97 Å². The van der Waals surface area contributed by atoms with Gasteiger partial charge in [0.1, 0.15) is 62.6 Å². The quantitative estimate of drug-likeness (QED) is 0.0245. The Morgan fingerprint density at radius 1 is 0.482 bits per heavy atom. The summed E-state index contributed by atoms with van der Waals surface area (Å²) in [4.78, 5) is 76.6. The maximum atomic E-state index is 15.6. The van der Waals surface area contributed by atoms with Crippen molar-refractivity contribution in [2.24, 2.45) is 9.98 Å². The molecule has 12 aromatic rings. The molecule has 2 aliphatic heterocycles. The van der Waals surface area contributed by atoms with Crippen LogP contribution in [0.15, 0.2) is 257 Å². The molecule has 110 heavy (non-hydrogen) atoms. The third-order valence-corrected chi connectivity index (χ3v) is 16.9. The monoisotopic (exact) mass is 1520 g/mol. The van der Waals surface area contributed by atoms with Crippen molar-refractivity contribution in [3.63, 3.8) is 0 Å². The van der Waals surface area contributed by atoms with Gasteiger partial charge in [0.05, 0.1) is 59.2 Å². The van der Waals surface area contributed by atoms with Gasteiger partial charge in [-0.05, 0) is 213 Å². The van der Waals surface area contributed by atoms with Crippen LogP contribution in [0.5, 0.6) is 46.3 Å². The topological polar surface area (TPSA) is 259 Å². The van der Waals surface area contributed by atoms with Gasteiger partial charge >= 0.3 is 48.8 Å². The first-order valence-corrected chi connectivity index (χ1v) is 32.9. The maximum absolute atomic E-state index is 15.6. The molecule has 0 amide bonds. The Hall–Kier alpha value is -14.5. The number of alkyl halides is 3. The number of ether oxygens (including phenoxy) is 6. The van der Waals surface area contributed by atoms with Gasteiger partial charge in [-0.3, -0.25) is 0 Å². The number of rotatable bonds is 14. The standard InChI is InChI=1S/C43H27F3N4O6.C42H27FN4O6.Zn/c1-23-17-24(2)38(25(3)18-23)39(35-21-33(43(44,45)46)41(50-35)54-29-11-5-26(22-47)6-12-29)34-20-32(40(49-34)53-30-14-9-28(48-4)10-15-30)42(52)55-31-13-7-27-8-16-37(51)56-36(27)19-31;1-23-17-24(2)38(25(3)18-23)39(35-21-33(43)41(47-35)51-30-14-9-28(45-4)10-15-30)34-20-32(40(46-34)50-29-11-5-26(22-44)6-12-29)42(49)52-31-13-7-27-8-16-37(48)53-36(27)19-31;/h5-21H,1-3H3,(H,49,50,52);5-21H,1-3H3,(H,46,47,49);/q;;+2/p-2. The average Bonchev–Trinajstić information content (AvgIpc) is 1.60. The van der Waals surface area contributed by atoms with Gasteiger partial charge in [-0.25, -0.2) is 43.2 Å². The Labute approximate surface area is 636 Å². The van der Waals surface area contributed by atoms with Crippen LogP contribution >= 0.6 is 0 Å². The van der Waals surface area contributed by atoms with Crippen molar-refractivity contribution in [2.75, 3.05) is 0 Å². The number of carbonyl (C=O) groups excluding carboxylic acids is 2. The molecule has 0 atom stereocenters. The fraction of sp³-hybridized carbons (Fsp3) is 0.0824. The van der Waals surface area contributed by atoms with E-state index in [0.29, 0.717) is 55.5 Å². The van der Waals surface area contributed by atoms with E-state index in [1.54, 1.807) is 92.7 Å². The number of nitrogens with zero attached hydrogens (tertiary/aromatic N) is 8. The number of benzene rings is 8. The van der Waals surface area contributed by atoms with Gasteiger partial charge in [-0.2, -0.15) is 23.7 Å². The molecule has 0 fully saturated rings. The van der Waals surface area contributed by atoms with Crippen LogP contribution in [-0.4, -0.2) is 29.9 Å². The predicted octanol–water partition coefficient (Wildman–Crippen LogP) is 18.7. The molecular weight excluding hydrogens is 1470 g/mol. The molecule has 2 aliphatic rings. The summed E-state index contributed by atoms with van der Waals surface area (Å²) in [5, 5.41) is 19.7. The third kappa shape index (κ3) is 16.6. The molecule has 0 saturated heterocycles. The van der Waals surface area contributed by atoms with E-state index in [-0.39, 0.29) is 128 Å². The smallest absolute Gasteiger partial charge is 0.626 e. The summed E-state index contributed by atoms with van der Waals surface area (Å²) in [6.07, 6.45) is -2.56. The van der Waals surface area contributed by atoms with E-state index in [4.69, 9.17) is 60.7 Å². The maximum Gasteiger partial charge on any atom is 2.00 e. The normalized spacial score (nSPS) is 13.1. The summed E-state index contributed by atoms with van der Waals surface area (Å²) >= 11 is 0. The second-order valence-corrected chi connectivity index (χ2v) is 24.7. The number of carbonyl (C=O) groups is 2. The molecule has 0 radical (unpaired) electrons. The Balaban J connectivity index is 0.000000203. The fourth-order valence-electron chi connectivity index (χ4n) is 12.2. The Kier molecular flexibility index (Phi) is 21.6. The largest absolute Gasteiger partial charge is 2.00 e. The SMILES string of the molecule is [C-]#[N+]c1ccc(Oc2[n-]c(/C(=C3/C=C(C(=O)Oc4ccc5ccc(=O)oc5c4)C(Oc4ccc(C#N)cc4)=N3)c3c(C)cc(C)cc3C)cc2F)cc1.[C-]#[N+]c1ccc(Oc2[n-]c(/C(=C3/C=C(C(F)(F)F)C(Oc4ccc(C#N)cc4)=N3)c3c(C)cc(C)cc3C)cc2C(=O)Oc2ccc3ccc(=O)oc3c2)cc1.[Zn+2]. The van der Waals surface area contributed by atoms with Crippen LogP contribution in [-0.2, 0) is 24.3 Å².